The number of nitrogens with two attached hydrogens (primary N) is 1. The number of carbonyl (C=O) groups is 2. The number of amides is 2. The van der Waals surface area contributed by atoms with Crippen molar-refractivity contribution < 1.29 is 9.59 Å². The number of nitrogens with one attached hydrogen (secondary N) is 1. The average molecular weight is 319 g/mol. The highest BCUT2D eigenvalue weighted by atomic mass is 16.2. The van der Waals surface area contributed by atoms with Gasteiger partial charge in [0.2, 0.25) is 5.91 Å². The molecular weight excluding hydrogens is 290 g/mol. The van der Waals surface area contributed by atoms with Crippen molar-refractivity contribution in [1.82, 2.24) is 10.2 Å². The highest BCUT2D eigenvalue weighted by molar-refractivity contribution is 5.94. The molecule has 1 aromatic carbocycles. The van der Waals surface area contributed by atoms with E-state index in [-0.39, 0.29) is 17.2 Å². The maximum absolute atomic E-state index is 12.2. The van der Waals surface area contributed by atoms with E-state index in [0.717, 1.165) is 5.56 Å². The third-order valence-corrected chi connectivity index (χ3v) is 3.93. The number of carbonyl (C=O) groups excluding carboxylic acids is 2. The predicted molar refractivity (Wildman–Crippen MR) is 93.0 cm³/mol. The molecule has 23 heavy (non-hydrogen) atoms. The molecule has 0 aromatic heterocycles. The highest BCUT2D eigenvalue weighted by Crippen LogP contribution is 2.17. The van der Waals surface area contributed by atoms with Crippen molar-refractivity contribution in [1.29, 1.82) is 0 Å². The number of rotatable bonds is 6. The summed E-state index contributed by atoms with van der Waals surface area (Å²) in [6.45, 7) is 11.5. The molecule has 0 heterocycles. The van der Waals surface area contributed by atoms with Crippen molar-refractivity contribution in [3.05, 3.63) is 35.4 Å². The Morgan fingerprint density at radius 1 is 1.13 bits per heavy atom. The van der Waals surface area contributed by atoms with E-state index in [1.165, 1.54) is 0 Å². The molecule has 0 unspecified atom stereocenters. The van der Waals surface area contributed by atoms with E-state index in [1.54, 1.807) is 17.0 Å². The van der Waals surface area contributed by atoms with Gasteiger partial charge in [-0.25, -0.2) is 0 Å². The first-order valence-electron chi connectivity index (χ1n) is 8.12. The Kier molecular flexibility index (Phi) is 6.76. The maximum atomic E-state index is 12.2. The first kappa shape index (κ1) is 19.2. The molecule has 0 saturated heterocycles. The first-order chi connectivity index (χ1) is 10.7. The predicted octanol–water partition coefficient (Wildman–Crippen LogP) is 2.16. The molecule has 0 aliphatic heterocycles. The van der Waals surface area contributed by atoms with Gasteiger partial charge in [0, 0.05) is 25.2 Å². The van der Waals surface area contributed by atoms with Crippen LogP contribution in [0.4, 0.5) is 0 Å². The third kappa shape index (κ3) is 5.36. The number of nitrogens with zero attached hydrogens (tertiary/aromatic N) is 1. The Labute approximate surface area is 139 Å². The van der Waals surface area contributed by atoms with Crippen LogP contribution >= 0.6 is 0 Å². The van der Waals surface area contributed by atoms with Crippen LogP contribution in [0.1, 0.15) is 50.5 Å². The molecule has 1 aromatic rings. The Balaban J connectivity index is 2.65. The van der Waals surface area contributed by atoms with Gasteiger partial charge in [0.25, 0.3) is 5.91 Å². The average Bonchev–Trinajstić information content (AvgIpc) is 2.52. The molecule has 5 heteroatoms. The summed E-state index contributed by atoms with van der Waals surface area (Å²) in [5.74, 6) is -0.138. The molecular formula is C18H29N3O2. The summed E-state index contributed by atoms with van der Waals surface area (Å²) in [5, 5.41) is 2.84. The van der Waals surface area contributed by atoms with Crippen LogP contribution in [0.3, 0.4) is 0 Å². The molecule has 0 bridgehead atoms. The van der Waals surface area contributed by atoms with E-state index in [2.05, 4.69) is 5.32 Å². The van der Waals surface area contributed by atoms with Gasteiger partial charge in [-0.05, 0) is 37.0 Å². The van der Waals surface area contributed by atoms with Crippen LogP contribution in [-0.4, -0.2) is 35.8 Å². The van der Waals surface area contributed by atoms with E-state index in [0.29, 0.717) is 25.2 Å². The second-order valence-electron chi connectivity index (χ2n) is 6.74. The molecule has 2 amide bonds. The topological polar surface area (TPSA) is 75.4 Å². The van der Waals surface area contributed by atoms with Crippen molar-refractivity contribution >= 4 is 11.8 Å². The third-order valence-electron chi connectivity index (χ3n) is 3.93. The summed E-state index contributed by atoms with van der Waals surface area (Å²) >= 11 is 0. The summed E-state index contributed by atoms with van der Waals surface area (Å²) in [6.07, 6.45) is 0. The zero-order valence-corrected chi connectivity index (χ0v) is 14.8. The number of benzene rings is 1. The van der Waals surface area contributed by atoms with Gasteiger partial charge < -0.3 is 16.0 Å². The van der Waals surface area contributed by atoms with Crippen LogP contribution in [0.15, 0.2) is 24.3 Å². The SMILES string of the molecule is CCN(CC)C(=O)c1ccc(CNC(=O)[C@@H](N)C(C)(C)C)cc1. The number of hydrogen-bond acceptors (Lipinski definition) is 3. The van der Waals surface area contributed by atoms with Gasteiger partial charge in [0.1, 0.15) is 0 Å². The Hall–Kier alpha value is -1.88. The zero-order valence-electron chi connectivity index (χ0n) is 14.8. The van der Waals surface area contributed by atoms with Crippen LogP contribution in [0.2, 0.25) is 0 Å². The first-order valence-corrected chi connectivity index (χ1v) is 8.12. The molecule has 3 N–H and O–H groups in total. The minimum Gasteiger partial charge on any atom is -0.351 e. The molecule has 1 rings (SSSR count). The molecule has 5 nitrogen and oxygen atoms in total. The molecule has 128 valence electrons. The van der Waals surface area contributed by atoms with Gasteiger partial charge in [0.05, 0.1) is 6.04 Å². The molecule has 0 fully saturated rings. The lowest BCUT2D eigenvalue weighted by atomic mass is 9.87. The summed E-state index contributed by atoms with van der Waals surface area (Å²) in [5.41, 5.74) is 7.25. The van der Waals surface area contributed by atoms with Crippen LogP contribution in [-0.2, 0) is 11.3 Å². The van der Waals surface area contributed by atoms with E-state index in [1.807, 2.05) is 46.8 Å². The molecule has 0 spiro atoms. The minimum absolute atomic E-state index is 0.0281. The van der Waals surface area contributed by atoms with Crippen molar-refractivity contribution in [2.24, 2.45) is 11.1 Å². The second-order valence-corrected chi connectivity index (χ2v) is 6.74. The molecule has 0 aliphatic rings. The van der Waals surface area contributed by atoms with Crippen LogP contribution < -0.4 is 11.1 Å². The quantitative estimate of drug-likeness (QED) is 0.843. The summed E-state index contributed by atoms with van der Waals surface area (Å²) in [4.78, 5) is 26.0. The van der Waals surface area contributed by atoms with Gasteiger partial charge in [-0.2, -0.15) is 0 Å². The van der Waals surface area contributed by atoms with Crippen molar-refractivity contribution in [3.63, 3.8) is 0 Å². The lowest BCUT2D eigenvalue weighted by molar-refractivity contribution is -0.124. The highest BCUT2D eigenvalue weighted by Gasteiger charge is 2.27. The normalized spacial score (nSPS) is 12.6. The van der Waals surface area contributed by atoms with Gasteiger partial charge in [-0.1, -0.05) is 32.9 Å². The van der Waals surface area contributed by atoms with Gasteiger partial charge in [-0.15, -0.1) is 0 Å². The van der Waals surface area contributed by atoms with Crippen molar-refractivity contribution in [2.45, 2.75) is 47.2 Å². The van der Waals surface area contributed by atoms with E-state index in [9.17, 15) is 9.59 Å². The summed E-state index contributed by atoms with van der Waals surface area (Å²) < 4.78 is 0. The fourth-order valence-electron chi connectivity index (χ4n) is 2.15. The summed E-state index contributed by atoms with van der Waals surface area (Å²) in [6, 6.07) is 6.77. The minimum atomic E-state index is -0.550. The monoisotopic (exact) mass is 319 g/mol. The van der Waals surface area contributed by atoms with Crippen LogP contribution in [0.5, 0.6) is 0 Å². The lowest BCUT2D eigenvalue weighted by Gasteiger charge is -2.25. The molecule has 0 saturated carbocycles. The van der Waals surface area contributed by atoms with Crippen molar-refractivity contribution in [3.8, 4) is 0 Å². The van der Waals surface area contributed by atoms with E-state index in [4.69, 9.17) is 5.73 Å². The maximum Gasteiger partial charge on any atom is 0.253 e. The van der Waals surface area contributed by atoms with E-state index < -0.39 is 6.04 Å². The molecule has 0 radical (unpaired) electrons. The van der Waals surface area contributed by atoms with Gasteiger partial charge in [0.15, 0.2) is 0 Å². The smallest absolute Gasteiger partial charge is 0.253 e. The standard InChI is InChI=1S/C18H29N3O2/c1-6-21(7-2)17(23)14-10-8-13(9-11-14)12-20-16(22)15(19)18(3,4)5/h8-11,15H,6-7,12,19H2,1-5H3,(H,20,22)/t15-/m1/s1. The van der Waals surface area contributed by atoms with Crippen molar-refractivity contribution in [2.75, 3.05) is 13.1 Å². The van der Waals surface area contributed by atoms with Crippen LogP contribution in [0.25, 0.3) is 0 Å². The Morgan fingerprint density at radius 2 is 1.65 bits per heavy atom. The number of hydrogen-bond donors (Lipinski definition) is 2. The zero-order chi connectivity index (χ0) is 17.6. The van der Waals surface area contributed by atoms with Gasteiger partial charge >= 0.3 is 0 Å². The fraction of sp³-hybridized carbons (Fsp3) is 0.556. The molecule has 1 atom stereocenters. The lowest BCUT2D eigenvalue weighted by Crippen LogP contribution is -2.48. The Bertz CT molecular complexity index is 528. The van der Waals surface area contributed by atoms with Gasteiger partial charge in [-0.3, -0.25) is 9.59 Å². The largest absolute Gasteiger partial charge is 0.351 e. The second kappa shape index (κ2) is 8.11. The summed E-state index contributed by atoms with van der Waals surface area (Å²) in [7, 11) is 0. The molecule has 0 aliphatic carbocycles. The van der Waals surface area contributed by atoms with E-state index >= 15 is 0 Å². The van der Waals surface area contributed by atoms with Crippen LogP contribution in [0, 0.1) is 5.41 Å². The Morgan fingerprint density at radius 3 is 2.09 bits per heavy atom. The fourth-order valence-corrected chi connectivity index (χ4v) is 2.15.